The Balaban J connectivity index is 0.000000191. The lowest BCUT2D eigenvalue weighted by atomic mass is 9.61. The quantitative estimate of drug-likeness (QED) is 0.336. The van der Waals surface area contributed by atoms with Crippen molar-refractivity contribution in [2.75, 3.05) is 0 Å². The minimum absolute atomic E-state index is 0.359. The Morgan fingerprint density at radius 1 is 0.882 bits per heavy atom. The molecule has 0 bridgehead atoms. The van der Waals surface area contributed by atoms with Crippen molar-refractivity contribution in [3.8, 4) is 0 Å². The second-order valence-electron chi connectivity index (χ2n) is 11.9. The van der Waals surface area contributed by atoms with Crippen molar-refractivity contribution in [1.82, 2.24) is 0 Å². The molecule has 4 rings (SSSR count). The maximum Gasteiger partial charge on any atom is 0.158 e. The number of fused-ring (bicyclic) bond motifs is 2. The van der Waals surface area contributed by atoms with Gasteiger partial charge < -0.3 is 0 Å². The highest BCUT2D eigenvalue weighted by molar-refractivity contribution is 5.96. The number of hydrogen-bond acceptors (Lipinski definition) is 2. The summed E-state index contributed by atoms with van der Waals surface area (Å²) >= 11 is 0. The first-order valence-corrected chi connectivity index (χ1v) is 14.0. The highest BCUT2D eigenvalue weighted by Crippen LogP contribution is 2.50. The van der Waals surface area contributed by atoms with E-state index in [0.717, 1.165) is 49.2 Å². The summed E-state index contributed by atoms with van der Waals surface area (Å²) < 4.78 is 0. The van der Waals surface area contributed by atoms with Gasteiger partial charge in [0.2, 0.25) is 0 Å². The number of rotatable bonds is 8. The van der Waals surface area contributed by atoms with Crippen molar-refractivity contribution in [2.24, 2.45) is 22.7 Å². The highest BCUT2D eigenvalue weighted by Gasteiger charge is 2.39. The van der Waals surface area contributed by atoms with Crippen LogP contribution in [-0.2, 0) is 9.59 Å². The molecule has 0 heterocycles. The van der Waals surface area contributed by atoms with Gasteiger partial charge in [-0.25, -0.2) is 0 Å². The van der Waals surface area contributed by atoms with Crippen LogP contribution in [-0.4, -0.2) is 11.6 Å². The number of carbonyl (C=O) groups is 2. The van der Waals surface area contributed by atoms with Crippen LogP contribution in [0.5, 0.6) is 0 Å². The Bertz CT molecular complexity index is 811. The third kappa shape index (κ3) is 6.70. The molecule has 4 aliphatic rings. The summed E-state index contributed by atoms with van der Waals surface area (Å²) in [6.45, 7) is 12.2. The lowest BCUT2D eigenvalue weighted by Gasteiger charge is -2.44. The number of hydrogen-bond donors (Lipinski definition) is 0. The Kier molecular flexibility index (Phi) is 9.74. The predicted octanol–water partition coefficient (Wildman–Crippen LogP) is 8.88. The number of ketones is 2. The van der Waals surface area contributed by atoms with Gasteiger partial charge >= 0.3 is 0 Å². The number of Topliss-reactive ketones (excluding diaryl/α,β-unsaturated/α-hetero) is 2. The maximum absolute atomic E-state index is 12.0. The van der Waals surface area contributed by atoms with Crippen molar-refractivity contribution in [3.63, 3.8) is 0 Å². The molecule has 0 saturated heterocycles. The fourth-order valence-corrected chi connectivity index (χ4v) is 6.81. The number of carbonyl (C=O) groups excluding carboxylic acids is 2. The SMILES string of the molecule is C=CCCC(=O)C1=CC2CCCCC2(C)CC1.C=CCCC(=O)C1=CCC2(C)CCCCC2C1. The molecule has 0 aromatic heterocycles. The summed E-state index contributed by atoms with van der Waals surface area (Å²) in [4.78, 5) is 24.0. The molecule has 0 aliphatic heterocycles. The first-order valence-electron chi connectivity index (χ1n) is 14.0. The second kappa shape index (κ2) is 12.3. The molecular weight excluding hydrogens is 416 g/mol. The number of allylic oxidation sites excluding steroid dienone is 6. The minimum atomic E-state index is 0.359. The summed E-state index contributed by atoms with van der Waals surface area (Å²) in [5, 5.41) is 0. The Labute approximate surface area is 209 Å². The molecule has 2 saturated carbocycles. The topological polar surface area (TPSA) is 34.1 Å². The van der Waals surface area contributed by atoms with Crippen molar-refractivity contribution < 1.29 is 9.59 Å². The van der Waals surface area contributed by atoms with E-state index >= 15 is 0 Å². The summed E-state index contributed by atoms with van der Waals surface area (Å²) in [5.74, 6) is 2.13. The van der Waals surface area contributed by atoms with Crippen LogP contribution in [0.1, 0.15) is 117 Å². The lowest BCUT2D eigenvalue weighted by molar-refractivity contribution is -0.116. The molecule has 2 fully saturated rings. The zero-order valence-electron chi connectivity index (χ0n) is 22.0. The molecule has 0 N–H and O–H groups in total. The molecule has 34 heavy (non-hydrogen) atoms. The molecule has 0 spiro atoms. The molecule has 0 radical (unpaired) electrons. The molecule has 2 heteroatoms. The van der Waals surface area contributed by atoms with E-state index in [0.29, 0.717) is 41.2 Å². The average Bonchev–Trinajstić information content (AvgIpc) is 2.85. The van der Waals surface area contributed by atoms with E-state index < -0.39 is 0 Å². The third-order valence-electron chi connectivity index (χ3n) is 9.46. The van der Waals surface area contributed by atoms with Gasteiger partial charge in [0.05, 0.1) is 0 Å². The zero-order chi connectivity index (χ0) is 24.6. The largest absolute Gasteiger partial charge is 0.295 e. The van der Waals surface area contributed by atoms with E-state index in [2.05, 4.69) is 39.2 Å². The fourth-order valence-electron chi connectivity index (χ4n) is 6.81. The van der Waals surface area contributed by atoms with Crippen LogP contribution in [0.15, 0.2) is 48.6 Å². The molecule has 0 aromatic carbocycles. The van der Waals surface area contributed by atoms with Crippen molar-refractivity contribution in [1.29, 1.82) is 0 Å². The monoisotopic (exact) mass is 464 g/mol. The van der Waals surface area contributed by atoms with E-state index in [1.165, 1.54) is 57.8 Å². The fraction of sp³-hybridized carbons (Fsp3) is 0.688. The van der Waals surface area contributed by atoms with Crippen molar-refractivity contribution >= 4 is 11.6 Å². The van der Waals surface area contributed by atoms with Crippen LogP contribution >= 0.6 is 0 Å². The van der Waals surface area contributed by atoms with E-state index in [9.17, 15) is 9.59 Å². The van der Waals surface area contributed by atoms with Gasteiger partial charge in [-0.2, -0.15) is 0 Å². The second-order valence-corrected chi connectivity index (χ2v) is 11.9. The first-order chi connectivity index (χ1) is 16.3. The first kappa shape index (κ1) is 26.9. The summed E-state index contributed by atoms with van der Waals surface area (Å²) in [7, 11) is 0. The van der Waals surface area contributed by atoms with Crippen LogP contribution in [0, 0.1) is 22.7 Å². The van der Waals surface area contributed by atoms with Gasteiger partial charge in [0.15, 0.2) is 11.6 Å². The smallest absolute Gasteiger partial charge is 0.158 e. The summed E-state index contributed by atoms with van der Waals surface area (Å²) in [6, 6.07) is 0. The third-order valence-corrected chi connectivity index (χ3v) is 9.46. The van der Waals surface area contributed by atoms with Crippen molar-refractivity contribution in [3.05, 3.63) is 48.6 Å². The van der Waals surface area contributed by atoms with Crippen LogP contribution < -0.4 is 0 Å². The van der Waals surface area contributed by atoms with Gasteiger partial charge in [-0.1, -0.05) is 63.8 Å². The van der Waals surface area contributed by atoms with E-state index in [-0.39, 0.29) is 0 Å². The molecule has 0 aromatic rings. The van der Waals surface area contributed by atoms with Gasteiger partial charge in [0.1, 0.15) is 0 Å². The Hall–Kier alpha value is -1.70. The minimum Gasteiger partial charge on any atom is -0.295 e. The Morgan fingerprint density at radius 2 is 1.50 bits per heavy atom. The zero-order valence-corrected chi connectivity index (χ0v) is 22.0. The summed E-state index contributed by atoms with van der Waals surface area (Å²) in [5.41, 5.74) is 3.19. The van der Waals surface area contributed by atoms with E-state index in [4.69, 9.17) is 0 Å². The Morgan fingerprint density at radius 3 is 2.18 bits per heavy atom. The normalized spacial score (nSPS) is 32.5. The van der Waals surface area contributed by atoms with Crippen molar-refractivity contribution in [2.45, 2.75) is 117 Å². The predicted molar refractivity (Wildman–Crippen MR) is 144 cm³/mol. The van der Waals surface area contributed by atoms with E-state index in [1.807, 2.05) is 12.2 Å². The van der Waals surface area contributed by atoms with Crippen LogP contribution in [0.3, 0.4) is 0 Å². The molecule has 2 nitrogen and oxygen atoms in total. The van der Waals surface area contributed by atoms with Gasteiger partial charge in [0, 0.05) is 12.8 Å². The standard InChI is InChI=1S/2C16H24O/c2*1-3-4-8-15(17)13-9-11-16(2)10-6-5-7-14(16)12-13/h3,12,14H,1,4-11H2,2H3;3,9,14H,1,4-8,10-12H2,2H3. The van der Waals surface area contributed by atoms with Gasteiger partial charge in [0.25, 0.3) is 0 Å². The van der Waals surface area contributed by atoms with Gasteiger partial charge in [-0.15, -0.1) is 13.2 Å². The van der Waals surface area contributed by atoms with Gasteiger partial charge in [-0.3, -0.25) is 9.59 Å². The molecule has 4 unspecified atom stereocenters. The average molecular weight is 465 g/mol. The molecular formula is C32H48O2. The molecule has 4 aliphatic carbocycles. The lowest BCUT2D eigenvalue weighted by Crippen LogP contribution is -2.34. The van der Waals surface area contributed by atoms with Gasteiger partial charge in [-0.05, 0) is 98.0 Å². The maximum atomic E-state index is 12.0. The van der Waals surface area contributed by atoms with Crippen LogP contribution in [0.2, 0.25) is 0 Å². The molecule has 0 amide bonds. The van der Waals surface area contributed by atoms with E-state index in [1.54, 1.807) is 0 Å². The summed E-state index contributed by atoms with van der Waals surface area (Å²) in [6.07, 6.45) is 26.3. The molecule has 188 valence electrons. The van der Waals surface area contributed by atoms with Crippen LogP contribution in [0.25, 0.3) is 0 Å². The highest BCUT2D eigenvalue weighted by atomic mass is 16.1. The molecule has 4 atom stereocenters. The van der Waals surface area contributed by atoms with Crippen LogP contribution in [0.4, 0.5) is 0 Å².